The van der Waals surface area contributed by atoms with Crippen LogP contribution in [0.25, 0.3) is 11.4 Å². The number of benzene rings is 2. The lowest BCUT2D eigenvalue weighted by molar-refractivity contribution is -0.122. The number of halogens is 2. The van der Waals surface area contributed by atoms with E-state index in [1.54, 1.807) is 25.1 Å². The number of hydrogen-bond acceptors (Lipinski definition) is 5. The molecule has 0 aliphatic heterocycles. The molecule has 0 aliphatic rings. The predicted molar refractivity (Wildman–Crippen MR) is 95.5 cm³/mol. The number of carbonyl (C=O) groups excluding carboxylic acids is 1. The number of anilines is 1. The largest absolute Gasteiger partial charge is 0.481 e. The van der Waals surface area contributed by atoms with Gasteiger partial charge in [-0.05, 0) is 31.2 Å². The molecule has 25 heavy (non-hydrogen) atoms. The Bertz CT molecular complexity index is 903. The van der Waals surface area contributed by atoms with Crippen LogP contribution in [0.2, 0.25) is 5.02 Å². The number of carbonyl (C=O) groups is 1. The van der Waals surface area contributed by atoms with Crippen molar-refractivity contribution in [1.29, 1.82) is 0 Å². The molecule has 0 bridgehead atoms. The molecule has 128 valence electrons. The molecule has 0 unspecified atom stereocenters. The highest BCUT2D eigenvalue weighted by Gasteiger charge is 2.18. The van der Waals surface area contributed by atoms with E-state index in [-0.39, 0.29) is 5.75 Å². The van der Waals surface area contributed by atoms with Crippen molar-refractivity contribution in [2.24, 2.45) is 0 Å². The van der Waals surface area contributed by atoms with Crippen molar-refractivity contribution < 1.29 is 13.9 Å². The first-order valence-corrected chi connectivity index (χ1v) is 8.50. The second-order valence-corrected chi connectivity index (χ2v) is 6.27. The van der Waals surface area contributed by atoms with Gasteiger partial charge in [-0.1, -0.05) is 29.8 Å². The first kappa shape index (κ1) is 17.3. The van der Waals surface area contributed by atoms with Gasteiger partial charge in [0.25, 0.3) is 5.91 Å². The van der Waals surface area contributed by atoms with Gasteiger partial charge in [0.2, 0.25) is 5.13 Å². The third-order valence-electron chi connectivity index (χ3n) is 3.25. The number of hydrogen-bond donors (Lipinski definition) is 1. The SMILES string of the molecule is C[C@@H](Oc1cccc(F)c1)C(=O)Nc1nc(-c2ccccc2Cl)ns1. The molecule has 8 heteroatoms. The van der Waals surface area contributed by atoms with E-state index in [9.17, 15) is 9.18 Å². The predicted octanol–water partition coefficient (Wildman–Crippen LogP) is 4.40. The fourth-order valence-electron chi connectivity index (χ4n) is 2.03. The summed E-state index contributed by atoms with van der Waals surface area (Å²) in [4.78, 5) is 16.5. The van der Waals surface area contributed by atoms with Gasteiger partial charge in [-0.3, -0.25) is 10.1 Å². The first-order chi connectivity index (χ1) is 12.0. The Balaban J connectivity index is 1.66. The monoisotopic (exact) mass is 377 g/mol. The molecular formula is C17H13ClFN3O2S. The van der Waals surface area contributed by atoms with Crippen molar-refractivity contribution >= 4 is 34.2 Å². The number of rotatable bonds is 5. The van der Waals surface area contributed by atoms with E-state index in [1.165, 1.54) is 18.2 Å². The van der Waals surface area contributed by atoms with Crippen molar-refractivity contribution in [2.75, 3.05) is 5.32 Å². The molecular weight excluding hydrogens is 365 g/mol. The molecule has 0 spiro atoms. The summed E-state index contributed by atoms with van der Waals surface area (Å²) in [6, 6.07) is 12.8. The third-order valence-corrected chi connectivity index (χ3v) is 4.21. The minimum absolute atomic E-state index is 0.275. The Morgan fingerprint density at radius 1 is 1.28 bits per heavy atom. The van der Waals surface area contributed by atoms with Gasteiger partial charge in [-0.15, -0.1) is 0 Å². The highest BCUT2D eigenvalue weighted by molar-refractivity contribution is 7.10. The van der Waals surface area contributed by atoms with E-state index in [0.29, 0.717) is 21.5 Å². The Kier molecular flexibility index (Phi) is 5.25. The molecule has 2 aromatic carbocycles. The highest BCUT2D eigenvalue weighted by atomic mass is 35.5. The maximum absolute atomic E-state index is 13.2. The average Bonchev–Trinajstić information content (AvgIpc) is 3.03. The van der Waals surface area contributed by atoms with Gasteiger partial charge in [0.1, 0.15) is 11.6 Å². The molecule has 0 saturated carbocycles. The molecule has 0 radical (unpaired) electrons. The molecule has 1 atom stereocenters. The van der Waals surface area contributed by atoms with Crippen molar-refractivity contribution in [3.63, 3.8) is 0 Å². The summed E-state index contributed by atoms with van der Waals surface area (Å²) in [5.74, 6) is -0.133. The molecule has 3 aromatic rings. The molecule has 5 nitrogen and oxygen atoms in total. The van der Waals surface area contributed by atoms with Crippen LogP contribution in [0.4, 0.5) is 9.52 Å². The minimum Gasteiger partial charge on any atom is -0.481 e. The van der Waals surface area contributed by atoms with Crippen LogP contribution >= 0.6 is 23.1 Å². The zero-order valence-corrected chi connectivity index (χ0v) is 14.6. The summed E-state index contributed by atoms with van der Waals surface area (Å²) in [6.45, 7) is 1.57. The van der Waals surface area contributed by atoms with E-state index in [0.717, 1.165) is 11.5 Å². The van der Waals surface area contributed by atoms with E-state index < -0.39 is 17.8 Å². The summed E-state index contributed by atoms with van der Waals surface area (Å²) >= 11 is 7.15. The Labute approximate surface area is 152 Å². The number of ether oxygens (including phenoxy) is 1. The van der Waals surface area contributed by atoms with E-state index in [4.69, 9.17) is 16.3 Å². The van der Waals surface area contributed by atoms with Crippen LogP contribution in [0.5, 0.6) is 5.75 Å². The Morgan fingerprint density at radius 3 is 2.84 bits per heavy atom. The maximum Gasteiger partial charge on any atom is 0.266 e. The Hall–Kier alpha value is -2.51. The zero-order valence-electron chi connectivity index (χ0n) is 13.1. The number of nitrogens with one attached hydrogen (secondary N) is 1. The molecule has 1 aromatic heterocycles. The van der Waals surface area contributed by atoms with Crippen molar-refractivity contribution in [1.82, 2.24) is 9.36 Å². The standard InChI is InChI=1S/C17H13ClFN3O2S/c1-10(24-12-6-4-5-11(19)9-12)16(23)21-17-20-15(22-25-17)13-7-2-3-8-14(13)18/h2-10H,1H3,(H,20,21,22,23)/t10-/m1/s1. The van der Waals surface area contributed by atoms with Crippen LogP contribution in [0.15, 0.2) is 48.5 Å². The van der Waals surface area contributed by atoms with Crippen molar-refractivity contribution in [3.8, 4) is 17.1 Å². The molecule has 1 N–H and O–H groups in total. The lowest BCUT2D eigenvalue weighted by Gasteiger charge is -2.13. The summed E-state index contributed by atoms with van der Waals surface area (Å²) in [7, 11) is 0. The van der Waals surface area contributed by atoms with Gasteiger partial charge in [-0.25, -0.2) is 4.39 Å². The molecule has 3 rings (SSSR count). The van der Waals surface area contributed by atoms with Crippen LogP contribution in [-0.4, -0.2) is 21.4 Å². The molecule has 1 amide bonds. The van der Waals surface area contributed by atoms with Crippen molar-refractivity contribution in [2.45, 2.75) is 13.0 Å². The van der Waals surface area contributed by atoms with Crippen LogP contribution in [-0.2, 0) is 4.79 Å². The first-order valence-electron chi connectivity index (χ1n) is 7.34. The van der Waals surface area contributed by atoms with E-state index in [2.05, 4.69) is 14.7 Å². The number of nitrogens with zero attached hydrogens (tertiary/aromatic N) is 2. The van der Waals surface area contributed by atoms with Crippen LogP contribution in [0, 0.1) is 5.82 Å². The summed E-state index contributed by atoms with van der Waals surface area (Å²) in [6.07, 6.45) is -0.825. The quantitative estimate of drug-likeness (QED) is 0.715. The van der Waals surface area contributed by atoms with Gasteiger partial charge >= 0.3 is 0 Å². The van der Waals surface area contributed by atoms with Gasteiger partial charge in [0, 0.05) is 23.2 Å². The van der Waals surface area contributed by atoms with Gasteiger partial charge < -0.3 is 4.74 Å². The smallest absolute Gasteiger partial charge is 0.266 e. The van der Waals surface area contributed by atoms with Crippen LogP contribution in [0.1, 0.15) is 6.92 Å². The van der Waals surface area contributed by atoms with E-state index >= 15 is 0 Å². The fourth-order valence-corrected chi connectivity index (χ4v) is 2.84. The second kappa shape index (κ2) is 7.58. The summed E-state index contributed by atoms with van der Waals surface area (Å²) in [5, 5.41) is 3.49. The van der Waals surface area contributed by atoms with Gasteiger partial charge in [-0.2, -0.15) is 9.36 Å². The molecule has 1 heterocycles. The normalized spacial score (nSPS) is 11.8. The van der Waals surface area contributed by atoms with E-state index in [1.807, 2.05) is 12.1 Å². The second-order valence-electron chi connectivity index (χ2n) is 5.11. The summed E-state index contributed by atoms with van der Waals surface area (Å²) < 4.78 is 22.8. The highest BCUT2D eigenvalue weighted by Crippen LogP contribution is 2.27. The van der Waals surface area contributed by atoms with Crippen molar-refractivity contribution in [3.05, 3.63) is 59.4 Å². The zero-order chi connectivity index (χ0) is 17.8. The topological polar surface area (TPSA) is 64.1 Å². The fraction of sp³-hybridized carbons (Fsp3) is 0.118. The van der Waals surface area contributed by atoms with Crippen LogP contribution in [0.3, 0.4) is 0 Å². The lowest BCUT2D eigenvalue weighted by atomic mass is 10.2. The Morgan fingerprint density at radius 2 is 2.08 bits per heavy atom. The third kappa shape index (κ3) is 4.32. The minimum atomic E-state index is -0.825. The lowest BCUT2D eigenvalue weighted by Crippen LogP contribution is -2.30. The molecule has 0 fully saturated rings. The summed E-state index contributed by atoms with van der Waals surface area (Å²) in [5.41, 5.74) is 0.685. The molecule has 0 saturated heterocycles. The molecule has 0 aliphatic carbocycles. The van der Waals surface area contributed by atoms with Crippen LogP contribution < -0.4 is 10.1 Å². The number of amides is 1. The number of aromatic nitrogens is 2. The average molecular weight is 378 g/mol. The van der Waals surface area contributed by atoms with Gasteiger partial charge in [0.15, 0.2) is 11.9 Å². The van der Waals surface area contributed by atoms with Gasteiger partial charge in [0.05, 0.1) is 5.02 Å². The maximum atomic E-state index is 13.2.